The highest BCUT2D eigenvalue weighted by Crippen LogP contribution is 2.31. The first kappa shape index (κ1) is 13.4. The van der Waals surface area contributed by atoms with Crippen LogP contribution in [-0.4, -0.2) is 28.6 Å². The van der Waals surface area contributed by atoms with Crippen molar-refractivity contribution in [2.45, 2.75) is 57.9 Å². The highest BCUT2D eigenvalue weighted by atomic mass is 16.4. The molecule has 0 amide bonds. The number of piperidine rings is 1. The van der Waals surface area contributed by atoms with E-state index in [9.17, 15) is 9.90 Å². The maximum atomic E-state index is 11.6. The second kappa shape index (κ2) is 5.43. The Bertz CT molecular complexity index is 527. The van der Waals surface area contributed by atoms with Gasteiger partial charge < -0.3 is 10.0 Å². The van der Waals surface area contributed by atoms with Gasteiger partial charge in [0.2, 0.25) is 0 Å². The number of carbonyl (C=O) groups is 1. The number of hydrogen-bond acceptors (Lipinski definition) is 3. The predicted molar refractivity (Wildman–Crippen MR) is 78.5 cm³/mol. The van der Waals surface area contributed by atoms with Crippen molar-refractivity contribution in [3.05, 3.63) is 22.9 Å². The lowest BCUT2D eigenvalue weighted by molar-refractivity contribution is 0.0697. The summed E-state index contributed by atoms with van der Waals surface area (Å²) in [6.45, 7) is 3.11. The van der Waals surface area contributed by atoms with Gasteiger partial charge in [-0.15, -0.1) is 0 Å². The summed E-state index contributed by atoms with van der Waals surface area (Å²) < 4.78 is 0. The average molecular weight is 274 g/mol. The topological polar surface area (TPSA) is 53.4 Å². The summed E-state index contributed by atoms with van der Waals surface area (Å²) in [6.07, 6.45) is 7.64. The first-order valence-electron chi connectivity index (χ1n) is 7.73. The van der Waals surface area contributed by atoms with Crippen molar-refractivity contribution in [3.63, 3.8) is 0 Å². The van der Waals surface area contributed by atoms with Crippen LogP contribution in [0.1, 0.15) is 60.6 Å². The lowest BCUT2D eigenvalue weighted by Gasteiger charge is -2.37. The highest BCUT2D eigenvalue weighted by molar-refractivity contribution is 5.93. The summed E-state index contributed by atoms with van der Waals surface area (Å²) in [5.74, 6) is -0.132. The standard InChI is InChI=1S/C16H22N2O2/c1-2-12-7-3-4-9-18(12)15-13(16(19)20)10-11-6-5-8-14(11)17-15/h10,12H,2-9H2,1H3,(H,19,20). The minimum Gasteiger partial charge on any atom is -0.478 e. The van der Waals surface area contributed by atoms with Crippen LogP contribution >= 0.6 is 0 Å². The number of aromatic nitrogens is 1. The molecule has 1 aliphatic heterocycles. The van der Waals surface area contributed by atoms with E-state index in [0.29, 0.717) is 17.4 Å². The summed E-state index contributed by atoms with van der Waals surface area (Å²) in [7, 11) is 0. The van der Waals surface area contributed by atoms with E-state index < -0.39 is 5.97 Å². The van der Waals surface area contributed by atoms with Gasteiger partial charge >= 0.3 is 5.97 Å². The maximum absolute atomic E-state index is 11.6. The van der Waals surface area contributed by atoms with Crippen molar-refractivity contribution in [3.8, 4) is 0 Å². The smallest absolute Gasteiger partial charge is 0.339 e. The van der Waals surface area contributed by atoms with Crippen molar-refractivity contribution in [1.29, 1.82) is 0 Å². The predicted octanol–water partition coefficient (Wildman–Crippen LogP) is 3.04. The molecule has 1 aliphatic carbocycles. The van der Waals surface area contributed by atoms with Crippen LogP contribution < -0.4 is 4.90 Å². The third-order valence-corrected chi connectivity index (χ3v) is 4.63. The largest absolute Gasteiger partial charge is 0.478 e. The Morgan fingerprint density at radius 2 is 2.25 bits per heavy atom. The molecule has 108 valence electrons. The van der Waals surface area contributed by atoms with Crippen LogP contribution in [0.15, 0.2) is 6.07 Å². The lowest BCUT2D eigenvalue weighted by Crippen LogP contribution is -2.40. The molecule has 1 saturated heterocycles. The number of nitrogens with zero attached hydrogens (tertiary/aromatic N) is 2. The van der Waals surface area contributed by atoms with Crippen LogP contribution in [0.2, 0.25) is 0 Å². The number of hydrogen-bond donors (Lipinski definition) is 1. The van der Waals surface area contributed by atoms with Crippen LogP contribution in [0, 0.1) is 0 Å². The molecule has 1 atom stereocenters. The SMILES string of the molecule is CCC1CCCCN1c1nc2c(cc1C(=O)O)CCC2. The average Bonchev–Trinajstić information content (AvgIpc) is 2.93. The monoisotopic (exact) mass is 274 g/mol. The van der Waals surface area contributed by atoms with E-state index in [1.54, 1.807) is 0 Å². The van der Waals surface area contributed by atoms with Crippen LogP contribution in [0.25, 0.3) is 0 Å². The molecule has 2 heterocycles. The third-order valence-electron chi connectivity index (χ3n) is 4.63. The molecule has 4 heteroatoms. The van der Waals surface area contributed by atoms with Crippen molar-refractivity contribution < 1.29 is 9.90 Å². The van der Waals surface area contributed by atoms with Gasteiger partial charge in [-0.05, 0) is 56.6 Å². The molecule has 1 aromatic heterocycles. The van der Waals surface area contributed by atoms with Gasteiger partial charge in [-0.25, -0.2) is 9.78 Å². The normalized spacial score (nSPS) is 21.9. The first-order valence-corrected chi connectivity index (χ1v) is 7.73. The third kappa shape index (κ3) is 2.28. The van der Waals surface area contributed by atoms with Crippen LogP contribution in [0.4, 0.5) is 5.82 Å². The molecule has 0 radical (unpaired) electrons. The van der Waals surface area contributed by atoms with Gasteiger partial charge in [0.1, 0.15) is 11.4 Å². The molecule has 20 heavy (non-hydrogen) atoms. The van der Waals surface area contributed by atoms with Gasteiger partial charge in [0, 0.05) is 18.3 Å². The molecule has 1 unspecified atom stereocenters. The molecule has 0 saturated carbocycles. The molecule has 3 rings (SSSR count). The molecule has 1 fully saturated rings. The van der Waals surface area contributed by atoms with Gasteiger partial charge in [-0.2, -0.15) is 0 Å². The fourth-order valence-corrected chi connectivity index (χ4v) is 3.54. The summed E-state index contributed by atoms with van der Waals surface area (Å²) >= 11 is 0. The summed E-state index contributed by atoms with van der Waals surface area (Å²) in [4.78, 5) is 18.6. The zero-order valence-corrected chi connectivity index (χ0v) is 12.1. The number of carboxylic acid groups (broad SMARTS) is 1. The molecule has 0 bridgehead atoms. The van der Waals surface area contributed by atoms with E-state index in [2.05, 4.69) is 11.8 Å². The van der Waals surface area contributed by atoms with E-state index in [1.807, 2.05) is 6.07 Å². The van der Waals surface area contributed by atoms with Gasteiger partial charge in [0.15, 0.2) is 0 Å². The van der Waals surface area contributed by atoms with Crippen molar-refractivity contribution in [2.75, 3.05) is 11.4 Å². The van der Waals surface area contributed by atoms with Gasteiger partial charge in [-0.1, -0.05) is 6.92 Å². The number of carboxylic acids is 1. The van der Waals surface area contributed by atoms with Crippen molar-refractivity contribution >= 4 is 11.8 Å². The molecule has 2 aliphatic rings. The van der Waals surface area contributed by atoms with Gasteiger partial charge in [-0.3, -0.25) is 0 Å². The summed E-state index contributed by atoms with van der Waals surface area (Å²) in [5.41, 5.74) is 2.65. The maximum Gasteiger partial charge on any atom is 0.339 e. The second-order valence-corrected chi connectivity index (χ2v) is 5.88. The van der Waals surface area contributed by atoms with Crippen LogP contribution in [0.3, 0.4) is 0 Å². The number of anilines is 1. The summed E-state index contributed by atoms with van der Waals surface area (Å²) in [6, 6.07) is 2.31. The molecular weight excluding hydrogens is 252 g/mol. The molecule has 0 aromatic carbocycles. The minimum atomic E-state index is -0.845. The summed E-state index contributed by atoms with van der Waals surface area (Å²) in [5, 5.41) is 9.52. The van der Waals surface area contributed by atoms with E-state index in [0.717, 1.165) is 56.3 Å². The Labute approximate surface area is 119 Å². The molecular formula is C16H22N2O2. The lowest BCUT2D eigenvalue weighted by atomic mass is 9.99. The Balaban J connectivity index is 2.04. The molecule has 0 spiro atoms. The Morgan fingerprint density at radius 3 is 3.00 bits per heavy atom. The number of aryl methyl sites for hydroxylation is 2. The molecule has 1 N–H and O–H groups in total. The highest BCUT2D eigenvalue weighted by Gasteiger charge is 2.28. The number of aromatic carboxylic acids is 1. The zero-order chi connectivity index (χ0) is 14.1. The molecule has 4 nitrogen and oxygen atoms in total. The fourth-order valence-electron chi connectivity index (χ4n) is 3.54. The van der Waals surface area contributed by atoms with Gasteiger partial charge in [0.25, 0.3) is 0 Å². The second-order valence-electron chi connectivity index (χ2n) is 5.88. The molecule has 1 aromatic rings. The van der Waals surface area contributed by atoms with E-state index in [1.165, 1.54) is 6.42 Å². The van der Waals surface area contributed by atoms with Crippen molar-refractivity contribution in [1.82, 2.24) is 4.98 Å². The minimum absolute atomic E-state index is 0.394. The van der Waals surface area contributed by atoms with E-state index in [4.69, 9.17) is 4.98 Å². The number of fused-ring (bicyclic) bond motifs is 1. The number of pyridine rings is 1. The Kier molecular flexibility index (Phi) is 3.64. The zero-order valence-electron chi connectivity index (χ0n) is 12.1. The number of rotatable bonds is 3. The van der Waals surface area contributed by atoms with E-state index in [-0.39, 0.29) is 0 Å². The van der Waals surface area contributed by atoms with Gasteiger partial charge in [0.05, 0.1) is 0 Å². The van der Waals surface area contributed by atoms with Crippen molar-refractivity contribution in [2.24, 2.45) is 0 Å². The Hall–Kier alpha value is -1.58. The first-order chi connectivity index (χ1) is 9.70. The van der Waals surface area contributed by atoms with E-state index >= 15 is 0 Å². The van der Waals surface area contributed by atoms with Crippen LogP contribution in [0.5, 0.6) is 0 Å². The van der Waals surface area contributed by atoms with Crippen LogP contribution in [-0.2, 0) is 12.8 Å². The quantitative estimate of drug-likeness (QED) is 0.920. The fraction of sp³-hybridized carbons (Fsp3) is 0.625. The Morgan fingerprint density at radius 1 is 1.40 bits per heavy atom.